The van der Waals surface area contributed by atoms with Gasteiger partial charge in [-0.3, -0.25) is 19.2 Å². The van der Waals surface area contributed by atoms with Crippen LogP contribution in [0.5, 0.6) is 11.5 Å². The summed E-state index contributed by atoms with van der Waals surface area (Å²) in [4.78, 5) is 55.2. The van der Waals surface area contributed by atoms with Crippen molar-refractivity contribution in [3.8, 4) is 28.9 Å². The number of nitrogens with one attached hydrogen (secondary N) is 3. The van der Waals surface area contributed by atoms with Crippen LogP contribution in [0.25, 0.3) is 11.3 Å². The Hall–Kier alpha value is -5.88. The molecule has 2 aliphatic rings. The molecule has 6 rings (SSSR count). The van der Waals surface area contributed by atoms with Gasteiger partial charge in [0.1, 0.15) is 48.1 Å². The first kappa shape index (κ1) is 49.6. The topological polar surface area (TPSA) is 192 Å². The summed E-state index contributed by atoms with van der Waals surface area (Å²) in [6.07, 6.45) is 1.89. The number of furan rings is 1. The van der Waals surface area contributed by atoms with E-state index in [2.05, 4.69) is 49.7 Å². The second-order valence-corrected chi connectivity index (χ2v) is 20.0. The Bertz CT molecular complexity index is 2380. The lowest BCUT2D eigenvalue weighted by Gasteiger charge is -2.63. The van der Waals surface area contributed by atoms with Gasteiger partial charge in [-0.2, -0.15) is 5.26 Å². The van der Waals surface area contributed by atoms with Crippen molar-refractivity contribution in [2.75, 3.05) is 26.4 Å². The number of hydrogen-bond donors (Lipinski definition) is 4. The number of hydrogen-bond acceptors (Lipinski definition) is 10. The molecule has 4 aromatic rings. The van der Waals surface area contributed by atoms with Gasteiger partial charge in [0.05, 0.1) is 29.6 Å². The molecular formula is C51H62ClN5O9. The van der Waals surface area contributed by atoms with Crippen molar-refractivity contribution < 1.29 is 42.9 Å². The quantitative estimate of drug-likeness (QED) is 0.0733. The van der Waals surface area contributed by atoms with E-state index in [-0.39, 0.29) is 56.7 Å². The van der Waals surface area contributed by atoms with Crippen molar-refractivity contribution in [3.05, 3.63) is 106 Å². The lowest BCUT2D eigenvalue weighted by Crippen LogP contribution is -2.74. The Morgan fingerprint density at radius 1 is 0.955 bits per heavy atom. The highest BCUT2D eigenvalue weighted by Crippen LogP contribution is 2.55. The summed E-state index contributed by atoms with van der Waals surface area (Å²) < 4.78 is 23.5. The van der Waals surface area contributed by atoms with Crippen LogP contribution < -0.4 is 25.4 Å². The SMILES string of the molecule is Cc1ccoc1-c1ccc(CNC(=O)[C@@H]2C[C@@H](O)CN2C(=O)[C@@H](NC(=O)COCCCCOc2ccc(C(=O)NC3C(C)(C)C(Oc4ccc(C#N)c(Cl)c4)C3(C)C)cc2)C(C)(C)C)cc1. The smallest absolute Gasteiger partial charge is 0.251 e. The highest BCUT2D eigenvalue weighted by atomic mass is 35.5. The molecule has 0 bridgehead atoms. The van der Waals surface area contributed by atoms with Gasteiger partial charge in [-0.05, 0) is 78.8 Å². The van der Waals surface area contributed by atoms with E-state index in [1.165, 1.54) is 4.90 Å². The number of aryl methyl sites for hydroxylation is 1. The Morgan fingerprint density at radius 2 is 1.62 bits per heavy atom. The molecule has 1 aromatic heterocycles. The number of β-amino-alcohol motifs (C(OH)–C–C–N with tert-alkyl or cyclic N) is 1. The summed E-state index contributed by atoms with van der Waals surface area (Å²) in [6.45, 7) is 16.3. The molecule has 4 N–H and O–H groups in total. The number of aliphatic hydroxyl groups excluding tert-OH is 1. The number of rotatable bonds is 18. The van der Waals surface area contributed by atoms with Crippen LogP contribution in [-0.2, 0) is 25.7 Å². The summed E-state index contributed by atoms with van der Waals surface area (Å²) in [7, 11) is 0. The third kappa shape index (κ3) is 11.6. The van der Waals surface area contributed by atoms with Crippen molar-refractivity contribution in [1.82, 2.24) is 20.9 Å². The van der Waals surface area contributed by atoms with Crippen LogP contribution in [0.4, 0.5) is 0 Å². The first-order chi connectivity index (χ1) is 31.2. The van der Waals surface area contributed by atoms with Gasteiger partial charge in [-0.15, -0.1) is 0 Å². The van der Waals surface area contributed by atoms with Gasteiger partial charge in [-0.1, -0.05) is 84.3 Å². The highest BCUT2D eigenvalue weighted by Gasteiger charge is 2.64. The van der Waals surface area contributed by atoms with E-state index >= 15 is 0 Å². The number of aliphatic hydroxyl groups is 1. The van der Waals surface area contributed by atoms with Gasteiger partial charge >= 0.3 is 0 Å². The molecule has 2 heterocycles. The van der Waals surface area contributed by atoms with Gasteiger partial charge in [0.25, 0.3) is 5.91 Å². The molecule has 1 aliphatic heterocycles. The van der Waals surface area contributed by atoms with Crippen LogP contribution in [0.3, 0.4) is 0 Å². The monoisotopic (exact) mass is 923 g/mol. The zero-order chi connectivity index (χ0) is 48.0. The molecule has 0 radical (unpaired) electrons. The first-order valence-corrected chi connectivity index (χ1v) is 22.7. The van der Waals surface area contributed by atoms with Crippen LogP contribution >= 0.6 is 11.6 Å². The third-order valence-electron chi connectivity index (χ3n) is 12.6. The Balaban J connectivity index is 0.896. The molecule has 1 saturated carbocycles. The number of nitriles is 1. The number of nitrogens with zero attached hydrogens (tertiary/aromatic N) is 2. The lowest BCUT2D eigenvalue weighted by molar-refractivity contribution is -0.164. The second-order valence-electron chi connectivity index (χ2n) is 19.5. The summed E-state index contributed by atoms with van der Waals surface area (Å²) in [5, 5.41) is 29.0. The van der Waals surface area contributed by atoms with E-state index in [0.717, 1.165) is 22.5 Å². The third-order valence-corrected chi connectivity index (χ3v) is 12.9. The molecule has 15 heteroatoms. The van der Waals surface area contributed by atoms with Gasteiger partial charge in [0.2, 0.25) is 17.7 Å². The Kier molecular flexibility index (Phi) is 15.6. The number of likely N-dealkylation sites (tertiary alicyclic amines) is 1. The number of amides is 4. The number of carbonyl (C=O) groups excluding carboxylic acids is 4. The van der Waals surface area contributed by atoms with Gasteiger partial charge in [0.15, 0.2) is 0 Å². The average Bonchev–Trinajstić information content (AvgIpc) is 3.89. The minimum absolute atomic E-state index is 0.0247. The number of unbranched alkanes of at least 4 members (excludes halogenated alkanes) is 1. The van der Waals surface area contributed by atoms with Crippen LogP contribution in [0, 0.1) is 34.5 Å². The number of carbonyl (C=O) groups is 4. The maximum absolute atomic E-state index is 14.0. The fraction of sp³-hybridized carbons (Fsp3) is 0.471. The Morgan fingerprint density at radius 3 is 2.24 bits per heavy atom. The molecule has 1 aliphatic carbocycles. The molecule has 66 heavy (non-hydrogen) atoms. The summed E-state index contributed by atoms with van der Waals surface area (Å²) >= 11 is 6.23. The lowest BCUT2D eigenvalue weighted by atomic mass is 9.49. The maximum Gasteiger partial charge on any atom is 0.251 e. The molecule has 0 unspecified atom stereocenters. The zero-order valence-electron chi connectivity index (χ0n) is 39.0. The molecule has 1 saturated heterocycles. The number of halogens is 1. The van der Waals surface area contributed by atoms with Gasteiger partial charge in [-0.25, -0.2) is 0 Å². The second kappa shape index (κ2) is 20.7. The van der Waals surface area contributed by atoms with Crippen LogP contribution in [0.2, 0.25) is 5.02 Å². The minimum atomic E-state index is -0.969. The summed E-state index contributed by atoms with van der Waals surface area (Å²) in [5.74, 6) is 0.457. The van der Waals surface area contributed by atoms with E-state index in [0.29, 0.717) is 47.1 Å². The molecular weight excluding hydrogens is 862 g/mol. The van der Waals surface area contributed by atoms with E-state index in [1.807, 2.05) is 58.0 Å². The summed E-state index contributed by atoms with van der Waals surface area (Å²) in [6, 6.07) is 21.5. The molecule has 14 nitrogen and oxygen atoms in total. The van der Waals surface area contributed by atoms with E-state index in [9.17, 15) is 29.5 Å². The van der Waals surface area contributed by atoms with E-state index in [1.54, 1.807) is 48.7 Å². The van der Waals surface area contributed by atoms with Crippen molar-refractivity contribution in [2.24, 2.45) is 16.2 Å². The van der Waals surface area contributed by atoms with E-state index in [4.69, 9.17) is 30.2 Å². The first-order valence-electron chi connectivity index (χ1n) is 22.4. The Labute approximate surface area is 392 Å². The van der Waals surface area contributed by atoms with Crippen LogP contribution in [-0.4, -0.2) is 90.3 Å². The number of benzene rings is 3. The number of ether oxygens (including phenoxy) is 3. The fourth-order valence-corrected chi connectivity index (χ4v) is 9.46. The van der Waals surface area contributed by atoms with Gasteiger partial charge in [0, 0.05) is 60.2 Å². The van der Waals surface area contributed by atoms with Crippen molar-refractivity contribution >= 4 is 35.2 Å². The minimum Gasteiger partial charge on any atom is -0.494 e. The zero-order valence-corrected chi connectivity index (χ0v) is 39.8. The molecule has 4 amide bonds. The predicted molar refractivity (Wildman–Crippen MR) is 250 cm³/mol. The van der Waals surface area contributed by atoms with Crippen LogP contribution in [0.1, 0.15) is 94.8 Å². The molecule has 352 valence electrons. The molecule has 2 fully saturated rings. The average molecular weight is 925 g/mol. The highest BCUT2D eigenvalue weighted by molar-refractivity contribution is 6.31. The molecule has 3 aromatic carbocycles. The largest absolute Gasteiger partial charge is 0.494 e. The maximum atomic E-state index is 14.0. The van der Waals surface area contributed by atoms with Gasteiger partial charge < -0.3 is 44.6 Å². The summed E-state index contributed by atoms with van der Waals surface area (Å²) in [5.41, 5.74) is 2.19. The molecule has 3 atom stereocenters. The van der Waals surface area contributed by atoms with E-state index < -0.39 is 46.2 Å². The fourth-order valence-electron chi connectivity index (χ4n) is 9.25. The van der Waals surface area contributed by atoms with Crippen molar-refractivity contribution in [3.63, 3.8) is 0 Å². The van der Waals surface area contributed by atoms with Crippen molar-refractivity contribution in [2.45, 2.75) is 112 Å². The molecule has 0 spiro atoms. The van der Waals surface area contributed by atoms with Crippen LogP contribution in [0.15, 0.2) is 83.5 Å². The predicted octanol–water partition coefficient (Wildman–Crippen LogP) is 7.38. The van der Waals surface area contributed by atoms with Crippen molar-refractivity contribution in [1.29, 1.82) is 5.26 Å². The normalized spacial score (nSPS) is 20.0. The standard InChI is InChI=1S/C51H62ClN5O9/c1-31-21-24-65-42(31)33-13-11-32(12-14-33)28-54-45(61)40-25-36(58)29-57(40)46(62)43(49(2,3)4)55-41(59)30-63-22-9-10-23-64-37-18-15-34(16-19-37)44(60)56-47-50(5,6)48(51(47,7)8)66-38-20-17-35(27-53)39(52)26-38/h11-21,24,26,36,40,43,47-48,58H,9-10,22-23,25,28-30H2,1-8H3,(H,54,61)(H,55,59)(H,56,60)/t36-,40+,43-,47?,48?/m1/s1.